The highest BCUT2D eigenvalue weighted by Crippen LogP contribution is 2.28. The zero-order chi connectivity index (χ0) is 27.9. The summed E-state index contributed by atoms with van der Waals surface area (Å²) in [5.74, 6) is -0.582. The SMILES string of the molecule is O=C(O)c1ccccc1Oc1ccc(CN(CCCc2c(Cl)cccc2Cl)C(=O)c2cc(Cl)cc(Cl)c2)cc1. The Morgan fingerprint density at radius 2 is 1.44 bits per heavy atom. The van der Waals surface area contributed by atoms with Crippen LogP contribution in [0.2, 0.25) is 20.1 Å². The number of rotatable bonds is 10. The Kier molecular flexibility index (Phi) is 9.76. The maximum absolute atomic E-state index is 13.5. The highest BCUT2D eigenvalue weighted by atomic mass is 35.5. The van der Waals surface area contributed by atoms with Gasteiger partial charge in [0, 0.05) is 38.7 Å². The molecule has 5 nitrogen and oxygen atoms in total. The molecular formula is C30H23Cl4NO4. The van der Waals surface area contributed by atoms with Gasteiger partial charge in [-0.25, -0.2) is 4.79 Å². The lowest BCUT2D eigenvalue weighted by molar-refractivity contribution is 0.0692. The molecule has 0 radical (unpaired) electrons. The van der Waals surface area contributed by atoms with Crippen molar-refractivity contribution in [2.75, 3.05) is 6.54 Å². The van der Waals surface area contributed by atoms with Crippen molar-refractivity contribution >= 4 is 58.3 Å². The van der Waals surface area contributed by atoms with Crippen LogP contribution in [-0.2, 0) is 13.0 Å². The fourth-order valence-electron chi connectivity index (χ4n) is 4.07. The molecule has 0 heterocycles. The Morgan fingerprint density at radius 1 is 0.795 bits per heavy atom. The maximum atomic E-state index is 13.5. The number of halogens is 4. The number of hydrogen-bond donors (Lipinski definition) is 1. The normalized spacial score (nSPS) is 10.8. The third-order valence-electron chi connectivity index (χ3n) is 5.96. The standard InChI is InChI=1S/C30H23Cl4NO4/c31-21-15-20(16-22(32)17-21)29(36)35(14-4-6-24-26(33)7-3-8-27(24)34)18-19-10-12-23(13-11-19)39-28-9-2-1-5-25(28)30(37)38/h1-3,5,7-13,15-17H,4,6,14,18H2,(H,37,38). The molecule has 1 amide bonds. The van der Waals surface area contributed by atoms with Gasteiger partial charge in [-0.1, -0.05) is 76.7 Å². The number of carboxylic acid groups (broad SMARTS) is 1. The van der Waals surface area contributed by atoms with Crippen molar-refractivity contribution in [1.82, 2.24) is 4.90 Å². The lowest BCUT2D eigenvalue weighted by Crippen LogP contribution is -2.32. The second kappa shape index (κ2) is 13.2. The summed E-state index contributed by atoms with van der Waals surface area (Å²) in [6.45, 7) is 0.736. The van der Waals surface area contributed by atoms with E-state index in [0.29, 0.717) is 57.3 Å². The average Bonchev–Trinajstić information content (AvgIpc) is 2.90. The van der Waals surface area contributed by atoms with E-state index >= 15 is 0 Å². The van der Waals surface area contributed by atoms with Gasteiger partial charge < -0.3 is 14.7 Å². The van der Waals surface area contributed by atoms with Crippen LogP contribution in [0, 0.1) is 0 Å². The second-order valence-electron chi connectivity index (χ2n) is 8.74. The molecule has 4 rings (SSSR count). The zero-order valence-corrected chi connectivity index (χ0v) is 23.6. The second-order valence-corrected chi connectivity index (χ2v) is 10.4. The van der Waals surface area contributed by atoms with E-state index < -0.39 is 5.97 Å². The lowest BCUT2D eigenvalue weighted by Gasteiger charge is -2.24. The van der Waals surface area contributed by atoms with Crippen molar-refractivity contribution in [2.45, 2.75) is 19.4 Å². The van der Waals surface area contributed by atoms with Crippen LogP contribution in [0.4, 0.5) is 0 Å². The van der Waals surface area contributed by atoms with Crippen LogP contribution in [0.5, 0.6) is 11.5 Å². The zero-order valence-electron chi connectivity index (χ0n) is 20.5. The third kappa shape index (κ3) is 7.68. The summed E-state index contributed by atoms with van der Waals surface area (Å²) in [6, 6.07) is 23.7. The van der Waals surface area contributed by atoms with E-state index in [-0.39, 0.29) is 17.2 Å². The maximum Gasteiger partial charge on any atom is 0.339 e. The van der Waals surface area contributed by atoms with Gasteiger partial charge in [0.05, 0.1) is 0 Å². The van der Waals surface area contributed by atoms with Crippen LogP contribution in [0.15, 0.2) is 84.9 Å². The van der Waals surface area contributed by atoms with Gasteiger partial charge in [0.1, 0.15) is 17.1 Å². The van der Waals surface area contributed by atoms with Crippen LogP contribution in [0.3, 0.4) is 0 Å². The Hall–Kier alpha value is -3.22. The first kappa shape index (κ1) is 28.8. The first-order valence-electron chi connectivity index (χ1n) is 12.0. The van der Waals surface area contributed by atoms with Gasteiger partial charge in [-0.2, -0.15) is 0 Å². The van der Waals surface area contributed by atoms with E-state index in [4.69, 9.17) is 51.1 Å². The average molecular weight is 603 g/mol. The minimum Gasteiger partial charge on any atom is -0.478 e. The van der Waals surface area contributed by atoms with Crippen LogP contribution in [-0.4, -0.2) is 28.4 Å². The Labute approximate surface area is 246 Å². The molecule has 1 N–H and O–H groups in total. The number of ether oxygens (including phenoxy) is 1. The number of carbonyl (C=O) groups excluding carboxylic acids is 1. The molecule has 0 fully saturated rings. The molecule has 4 aromatic rings. The summed E-state index contributed by atoms with van der Waals surface area (Å²) < 4.78 is 5.79. The molecule has 0 aliphatic heterocycles. The van der Waals surface area contributed by atoms with Gasteiger partial charge in [0.15, 0.2) is 0 Å². The number of amides is 1. The Morgan fingerprint density at radius 3 is 2.08 bits per heavy atom. The number of para-hydroxylation sites is 1. The van der Waals surface area contributed by atoms with Gasteiger partial charge in [0.2, 0.25) is 0 Å². The van der Waals surface area contributed by atoms with Crippen molar-refractivity contribution in [3.8, 4) is 11.5 Å². The molecule has 0 atom stereocenters. The molecule has 0 spiro atoms. The molecule has 0 aliphatic carbocycles. The fourth-order valence-corrected chi connectivity index (χ4v) is 5.19. The minimum atomic E-state index is -1.07. The van der Waals surface area contributed by atoms with Crippen molar-refractivity contribution in [1.29, 1.82) is 0 Å². The predicted octanol–water partition coefficient (Wildman–Crippen LogP) is 9.07. The molecule has 9 heteroatoms. The van der Waals surface area contributed by atoms with Crippen LogP contribution in [0.1, 0.15) is 38.3 Å². The molecule has 0 bridgehead atoms. The lowest BCUT2D eigenvalue weighted by atomic mass is 10.1. The van der Waals surface area contributed by atoms with Crippen LogP contribution in [0.25, 0.3) is 0 Å². The Bertz CT molecular complexity index is 1450. The smallest absolute Gasteiger partial charge is 0.339 e. The first-order valence-corrected chi connectivity index (χ1v) is 13.5. The van der Waals surface area contributed by atoms with Crippen molar-refractivity contribution in [3.05, 3.63) is 127 Å². The summed E-state index contributed by atoms with van der Waals surface area (Å²) in [7, 11) is 0. The molecule has 39 heavy (non-hydrogen) atoms. The van der Waals surface area contributed by atoms with E-state index in [1.54, 1.807) is 71.6 Å². The monoisotopic (exact) mass is 601 g/mol. The Balaban J connectivity index is 1.52. The molecule has 0 aromatic heterocycles. The van der Waals surface area contributed by atoms with Crippen molar-refractivity contribution in [2.24, 2.45) is 0 Å². The number of hydrogen-bond acceptors (Lipinski definition) is 3. The summed E-state index contributed by atoms with van der Waals surface area (Å²) in [6.07, 6.45) is 1.21. The third-order valence-corrected chi connectivity index (χ3v) is 7.10. The molecule has 0 saturated heterocycles. The number of nitrogens with zero attached hydrogens (tertiary/aromatic N) is 1. The highest BCUT2D eigenvalue weighted by Gasteiger charge is 2.18. The summed E-state index contributed by atoms with van der Waals surface area (Å²) in [5, 5.41) is 11.3. The number of carbonyl (C=O) groups is 2. The van der Waals surface area contributed by atoms with Gasteiger partial charge in [-0.05, 0) is 78.6 Å². The molecule has 200 valence electrons. The largest absolute Gasteiger partial charge is 0.478 e. The first-order chi connectivity index (χ1) is 18.7. The van der Waals surface area contributed by atoms with Crippen LogP contribution < -0.4 is 4.74 Å². The summed E-state index contributed by atoms with van der Waals surface area (Å²) >= 11 is 25.0. The summed E-state index contributed by atoms with van der Waals surface area (Å²) in [5.41, 5.74) is 2.14. The van der Waals surface area contributed by atoms with E-state index in [0.717, 1.165) is 11.1 Å². The number of carboxylic acids is 1. The van der Waals surface area contributed by atoms with E-state index in [1.165, 1.54) is 6.07 Å². The minimum absolute atomic E-state index is 0.0668. The van der Waals surface area contributed by atoms with E-state index in [1.807, 2.05) is 12.1 Å². The summed E-state index contributed by atoms with van der Waals surface area (Å²) in [4.78, 5) is 26.7. The van der Waals surface area contributed by atoms with Crippen molar-refractivity contribution < 1.29 is 19.4 Å². The molecular weight excluding hydrogens is 580 g/mol. The molecule has 0 saturated carbocycles. The molecule has 4 aromatic carbocycles. The van der Waals surface area contributed by atoms with E-state index in [2.05, 4.69) is 0 Å². The van der Waals surface area contributed by atoms with Crippen LogP contribution >= 0.6 is 46.4 Å². The predicted molar refractivity (Wildman–Crippen MR) is 156 cm³/mol. The fraction of sp³-hybridized carbons (Fsp3) is 0.133. The topological polar surface area (TPSA) is 66.8 Å². The van der Waals surface area contributed by atoms with Gasteiger partial charge >= 0.3 is 5.97 Å². The van der Waals surface area contributed by atoms with Gasteiger partial charge in [-0.15, -0.1) is 0 Å². The number of benzene rings is 4. The molecule has 0 aliphatic rings. The van der Waals surface area contributed by atoms with Gasteiger partial charge in [-0.3, -0.25) is 4.79 Å². The van der Waals surface area contributed by atoms with Crippen molar-refractivity contribution in [3.63, 3.8) is 0 Å². The quantitative estimate of drug-likeness (QED) is 0.197. The number of aromatic carboxylic acids is 1. The van der Waals surface area contributed by atoms with Gasteiger partial charge in [0.25, 0.3) is 5.91 Å². The van der Waals surface area contributed by atoms with E-state index in [9.17, 15) is 14.7 Å². The highest BCUT2D eigenvalue weighted by molar-refractivity contribution is 6.36. The molecule has 0 unspecified atom stereocenters.